The molecule has 0 heterocycles. The molecule has 0 atom stereocenters. The van der Waals surface area contributed by atoms with E-state index in [1.165, 1.54) is 0 Å². The number of carbonyl (C=O) groups excluding carboxylic acids is 1. The Morgan fingerprint density at radius 3 is 2.30 bits per heavy atom. The maximum absolute atomic E-state index is 12.5. The maximum Gasteiger partial charge on any atom is 0.219 e. The first-order valence-electron chi connectivity index (χ1n) is 7.30. The van der Waals surface area contributed by atoms with E-state index in [0.717, 1.165) is 16.7 Å². The Balaban J connectivity index is 2.08. The summed E-state index contributed by atoms with van der Waals surface area (Å²) in [5.74, 6) is -1.08. The van der Waals surface area contributed by atoms with Crippen molar-refractivity contribution in [1.82, 2.24) is 0 Å². The molecule has 0 amide bonds. The second-order valence-electron chi connectivity index (χ2n) is 5.41. The number of ether oxygens (including phenoxy) is 2. The predicted molar refractivity (Wildman–Crippen MR) is 89.7 cm³/mol. The Bertz CT molecular complexity index is 758. The number of benzene rings is 2. The molecular formula is C19H17ClO3. The molecule has 0 spiro atoms. The van der Waals surface area contributed by atoms with Crippen LogP contribution in [0, 0.1) is 0 Å². The van der Waals surface area contributed by atoms with Crippen LogP contribution in [0.2, 0.25) is 5.02 Å². The van der Waals surface area contributed by atoms with E-state index in [4.69, 9.17) is 21.1 Å². The van der Waals surface area contributed by atoms with E-state index in [0.29, 0.717) is 17.0 Å². The lowest BCUT2D eigenvalue weighted by molar-refractivity contribution is -0.188. The van der Waals surface area contributed by atoms with Crippen molar-refractivity contribution in [2.24, 2.45) is 0 Å². The van der Waals surface area contributed by atoms with E-state index in [2.05, 4.69) is 0 Å². The highest BCUT2D eigenvalue weighted by atomic mass is 35.5. The average molecular weight is 329 g/mol. The third-order valence-electron chi connectivity index (χ3n) is 4.16. The number of carbonyl (C=O) groups is 1. The minimum absolute atomic E-state index is 0.0331. The molecule has 0 bridgehead atoms. The summed E-state index contributed by atoms with van der Waals surface area (Å²) in [5.41, 5.74) is 3.15. The number of rotatable bonds is 4. The molecule has 23 heavy (non-hydrogen) atoms. The number of hydrogen-bond acceptors (Lipinski definition) is 3. The van der Waals surface area contributed by atoms with E-state index in [1.54, 1.807) is 26.4 Å². The zero-order valence-electron chi connectivity index (χ0n) is 13.0. The Morgan fingerprint density at radius 1 is 1.00 bits per heavy atom. The fourth-order valence-corrected chi connectivity index (χ4v) is 3.17. The van der Waals surface area contributed by atoms with Gasteiger partial charge >= 0.3 is 0 Å². The normalized spacial score (nSPS) is 16.0. The van der Waals surface area contributed by atoms with Gasteiger partial charge in [0.2, 0.25) is 5.79 Å². The fourth-order valence-electron chi connectivity index (χ4n) is 3.04. The zero-order chi connectivity index (χ0) is 16.4. The number of ketones is 1. The molecule has 1 aliphatic carbocycles. The van der Waals surface area contributed by atoms with Crippen LogP contribution in [0.4, 0.5) is 0 Å². The van der Waals surface area contributed by atoms with E-state index in [1.807, 2.05) is 42.5 Å². The molecule has 3 nitrogen and oxygen atoms in total. The van der Waals surface area contributed by atoms with E-state index in [-0.39, 0.29) is 5.78 Å². The Labute approximate surface area is 140 Å². The van der Waals surface area contributed by atoms with Crippen LogP contribution in [-0.4, -0.2) is 20.0 Å². The van der Waals surface area contributed by atoms with Crippen molar-refractivity contribution in [3.63, 3.8) is 0 Å². The first kappa shape index (κ1) is 15.9. The number of fused-ring (bicyclic) bond motifs is 1. The third-order valence-corrected chi connectivity index (χ3v) is 4.41. The molecule has 4 heteroatoms. The maximum atomic E-state index is 12.5. The van der Waals surface area contributed by atoms with Crippen LogP contribution >= 0.6 is 11.6 Å². The summed E-state index contributed by atoms with van der Waals surface area (Å²) in [6.07, 6.45) is 2.16. The lowest BCUT2D eigenvalue weighted by Gasteiger charge is -2.37. The van der Waals surface area contributed by atoms with Gasteiger partial charge in [0.15, 0.2) is 5.78 Å². The second-order valence-corrected chi connectivity index (χ2v) is 5.84. The van der Waals surface area contributed by atoms with Crippen LogP contribution in [0.3, 0.4) is 0 Å². The lowest BCUT2D eigenvalue weighted by Crippen LogP contribution is -2.38. The van der Waals surface area contributed by atoms with Gasteiger partial charge in [0, 0.05) is 35.9 Å². The average Bonchev–Trinajstić information content (AvgIpc) is 2.58. The third kappa shape index (κ3) is 2.72. The van der Waals surface area contributed by atoms with Gasteiger partial charge in [0.05, 0.1) is 0 Å². The van der Waals surface area contributed by atoms with Gasteiger partial charge in [0.1, 0.15) is 0 Å². The van der Waals surface area contributed by atoms with Gasteiger partial charge < -0.3 is 9.47 Å². The smallest absolute Gasteiger partial charge is 0.219 e. The van der Waals surface area contributed by atoms with Gasteiger partial charge in [-0.25, -0.2) is 0 Å². The molecule has 3 rings (SSSR count). The number of hydrogen-bond donors (Lipinski definition) is 0. The van der Waals surface area contributed by atoms with Crippen LogP contribution in [-0.2, 0) is 21.7 Å². The minimum atomic E-state index is -1.05. The summed E-state index contributed by atoms with van der Waals surface area (Å²) < 4.78 is 11.5. The topological polar surface area (TPSA) is 35.5 Å². The highest BCUT2D eigenvalue weighted by Gasteiger charge is 2.42. The summed E-state index contributed by atoms with van der Waals surface area (Å²) in [5, 5.41) is 0.678. The summed E-state index contributed by atoms with van der Waals surface area (Å²) in [7, 11) is 3.18. The molecular weight excluding hydrogens is 312 g/mol. The van der Waals surface area contributed by atoms with Gasteiger partial charge in [-0.15, -0.1) is 0 Å². The van der Waals surface area contributed by atoms with Crippen LogP contribution in [0.5, 0.6) is 0 Å². The van der Waals surface area contributed by atoms with Crippen molar-refractivity contribution in [2.45, 2.75) is 12.2 Å². The first-order chi connectivity index (χ1) is 11.1. The highest BCUT2D eigenvalue weighted by Crippen LogP contribution is 2.41. The molecule has 1 aliphatic rings. The van der Waals surface area contributed by atoms with Gasteiger partial charge in [-0.3, -0.25) is 4.79 Å². The van der Waals surface area contributed by atoms with Crippen LogP contribution in [0.1, 0.15) is 21.5 Å². The Kier molecular flexibility index (Phi) is 4.35. The number of allylic oxidation sites excluding steroid dienone is 1. The second kappa shape index (κ2) is 6.28. The van der Waals surface area contributed by atoms with Crippen molar-refractivity contribution in [2.75, 3.05) is 14.2 Å². The Morgan fingerprint density at radius 2 is 1.65 bits per heavy atom. The van der Waals surface area contributed by atoms with Crippen LogP contribution < -0.4 is 0 Å². The highest BCUT2D eigenvalue weighted by molar-refractivity contribution is 6.30. The number of halogens is 1. The first-order valence-corrected chi connectivity index (χ1v) is 7.68. The molecule has 0 N–H and O–H groups in total. The molecule has 0 aliphatic heterocycles. The molecule has 0 saturated heterocycles. The Hall–Kier alpha value is -1.94. The predicted octanol–water partition coefficient (Wildman–Crippen LogP) is 4.15. The van der Waals surface area contributed by atoms with E-state index < -0.39 is 5.79 Å². The van der Waals surface area contributed by atoms with E-state index in [9.17, 15) is 4.79 Å². The largest absolute Gasteiger partial charge is 0.346 e. The van der Waals surface area contributed by atoms with Crippen molar-refractivity contribution < 1.29 is 14.3 Å². The lowest BCUT2D eigenvalue weighted by atomic mass is 9.82. The zero-order valence-corrected chi connectivity index (χ0v) is 13.8. The van der Waals surface area contributed by atoms with Crippen molar-refractivity contribution >= 4 is 17.4 Å². The van der Waals surface area contributed by atoms with Crippen molar-refractivity contribution in [1.29, 1.82) is 0 Å². The van der Waals surface area contributed by atoms with Gasteiger partial charge in [-0.2, -0.15) is 0 Å². The fraction of sp³-hybridized carbons (Fsp3) is 0.211. The number of methoxy groups -OCH3 is 2. The van der Waals surface area contributed by atoms with Gasteiger partial charge in [-0.1, -0.05) is 48.0 Å². The monoisotopic (exact) mass is 328 g/mol. The SMILES string of the molecule is COC1(OC)C(Cc2ccc(Cl)cc2)=CC(=O)c2ccccc21. The molecule has 0 aromatic heterocycles. The molecule has 2 aromatic carbocycles. The van der Waals surface area contributed by atoms with E-state index >= 15 is 0 Å². The van der Waals surface area contributed by atoms with Gasteiger partial charge in [0.25, 0.3) is 0 Å². The molecule has 118 valence electrons. The minimum Gasteiger partial charge on any atom is -0.346 e. The summed E-state index contributed by atoms with van der Waals surface area (Å²) in [6.45, 7) is 0. The molecule has 0 fully saturated rings. The van der Waals surface area contributed by atoms with Crippen LogP contribution in [0.25, 0.3) is 0 Å². The van der Waals surface area contributed by atoms with Crippen molar-refractivity contribution in [3.05, 3.63) is 81.9 Å². The van der Waals surface area contributed by atoms with Gasteiger partial charge in [-0.05, 0) is 30.2 Å². The standard InChI is InChI=1S/C19H17ClO3/c1-22-19(23-2)14(11-13-7-9-15(20)10-8-13)12-18(21)16-5-3-4-6-17(16)19/h3-10,12H,11H2,1-2H3. The summed E-state index contributed by atoms with van der Waals surface area (Å²) in [4.78, 5) is 12.5. The molecule has 2 aromatic rings. The molecule has 0 unspecified atom stereocenters. The summed E-state index contributed by atoms with van der Waals surface area (Å²) >= 11 is 5.94. The summed E-state index contributed by atoms with van der Waals surface area (Å²) in [6, 6.07) is 14.9. The quantitative estimate of drug-likeness (QED) is 0.791. The molecule has 0 saturated carbocycles. The van der Waals surface area contributed by atoms with Crippen molar-refractivity contribution in [3.8, 4) is 0 Å². The van der Waals surface area contributed by atoms with Crippen LogP contribution in [0.15, 0.2) is 60.2 Å². The molecule has 0 radical (unpaired) electrons.